The number of hydrogen-bond acceptors (Lipinski definition) is 3. The van der Waals surface area contributed by atoms with Crippen LogP contribution >= 0.6 is 15.9 Å². The van der Waals surface area contributed by atoms with Crippen LogP contribution in [0.5, 0.6) is 0 Å². The lowest BCUT2D eigenvalue weighted by Gasteiger charge is -2.28. The van der Waals surface area contributed by atoms with Gasteiger partial charge in [0.15, 0.2) is 0 Å². The molecule has 5 nitrogen and oxygen atoms in total. The molecule has 0 unspecified atom stereocenters. The van der Waals surface area contributed by atoms with Crippen molar-refractivity contribution in [3.63, 3.8) is 0 Å². The summed E-state index contributed by atoms with van der Waals surface area (Å²) in [4.78, 5) is 14.3. The zero-order chi connectivity index (χ0) is 18.4. The quantitative estimate of drug-likeness (QED) is 0.551. The van der Waals surface area contributed by atoms with E-state index in [2.05, 4.69) is 48.8 Å². The molecule has 0 saturated carbocycles. The molecule has 6 heteroatoms. The summed E-state index contributed by atoms with van der Waals surface area (Å²) in [5.41, 5.74) is 6.47. The Hall–Kier alpha value is -2.34. The molecule has 1 saturated heterocycles. The minimum absolute atomic E-state index is 0.368. The lowest BCUT2D eigenvalue weighted by atomic mass is 10.1. The first kappa shape index (κ1) is 18.5. The molecule has 1 fully saturated rings. The van der Waals surface area contributed by atoms with Gasteiger partial charge in [0.05, 0.1) is 6.21 Å². The van der Waals surface area contributed by atoms with Gasteiger partial charge in [-0.2, -0.15) is 5.10 Å². The highest BCUT2D eigenvalue weighted by Crippen LogP contribution is 2.20. The molecule has 1 aliphatic heterocycles. The van der Waals surface area contributed by atoms with Crippen LogP contribution in [0.2, 0.25) is 0 Å². The van der Waals surface area contributed by atoms with Crippen LogP contribution in [0.1, 0.15) is 30.4 Å². The third-order valence-corrected chi connectivity index (χ3v) is 5.30. The Kier molecular flexibility index (Phi) is 6.28. The fourth-order valence-electron chi connectivity index (χ4n) is 2.97. The number of halogens is 1. The van der Waals surface area contributed by atoms with Crippen LogP contribution in [0.15, 0.2) is 52.0 Å². The van der Waals surface area contributed by atoms with Gasteiger partial charge in [0.2, 0.25) is 0 Å². The van der Waals surface area contributed by atoms with Crippen LogP contribution < -0.4 is 15.6 Å². The van der Waals surface area contributed by atoms with E-state index in [-0.39, 0.29) is 6.03 Å². The maximum Gasteiger partial charge on any atom is 0.339 e. The minimum atomic E-state index is -0.368. The molecule has 0 atom stereocenters. The van der Waals surface area contributed by atoms with E-state index in [9.17, 15) is 4.79 Å². The molecule has 2 aromatic carbocycles. The predicted molar refractivity (Wildman–Crippen MR) is 111 cm³/mol. The monoisotopic (exact) mass is 414 g/mol. The normalized spacial score (nSPS) is 14.5. The Labute approximate surface area is 162 Å². The number of aryl methyl sites for hydroxylation is 1. The summed E-state index contributed by atoms with van der Waals surface area (Å²) in [7, 11) is 0. The molecule has 2 N–H and O–H groups in total. The molecule has 26 heavy (non-hydrogen) atoms. The number of nitrogens with one attached hydrogen (secondary N) is 2. The second-order valence-electron chi connectivity index (χ2n) is 6.43. The van der Waals surface area contributed by atoms with Crippen molar-refractivity contribution in [1.82, 2.24) is 5.43 Å². The molecular formula is C20H23BrN4O. The molecule has 0 aliphatic carbocycles. The molecule has 2 aromatic rings. The number of hydrogen-bond donors (Lipinski definition) is 2. The standard InChI is InChI=1S/C20H23BrN4O/c1-15-13-17(7-10-19(15)21)23-20(26)24-22-14-16-5-8-18(9-6-16)25-11-3-2-4-12-25/h5-10,13-14H,2-4,11-12H2,1H3,(H2,23,24,26)/b22-14+. The number of rotatable bonds is 4. The van der Waals surface area contributed by atoms with E-state index in [0.29, 0.717) is 0 Å². The first-order valence-corrected chi connectivity index (χ1v) is 9.62. The van der Waals surface area contributed by atoms with Crippen LogP contribution in [0, 0.1) is 6.92 Å². The fraction of sp³-hybridized carbons (Fsp3) is 0.300. The number of anilines is 2. The number of nitrogens with zero attached hydrogens (tertiary/aromatic N) is 2. The van der Waals surface area contributed by atoms with Gasteiger partial charge in [-0.1, -0.05) is 28.1 Å². The van der Waals surface area contributed by atoms with Crippen molar-refractivity contribution >= 4 is 39.6 Å². The van der Waals surface area contributed by atoms with Gasteiger partial charge in [0, 0.05) is 28.9 Å². The van der Waals surface area contributed by atoms with E-state index in [0.717, 1.165) is 34.4 Å². The number of carbonyl (C=O) groups excluding carboxylic acids is 1. The largest absolute Gasteiger partial charge is 0.372 e. The third kappa shape index (κ3) is 5.08. The average molecular weight is 415 g/mol. The number of hydrazone groups is 1. The van der Waals surface area contributed by atoms with E-state index < -0.39 is 0 Å². The Morgan fingerprint density at radius 2 is 1.85 bits per heavy atom. The number of benzene rings is 2. The van der Waals surface area contributed by atoms with E-state index in [4.69, 9.17) is 0 Å². The Morgan fingerprint density at radius 1 is 1.12 bits per heavy atom. The molecule has 136 valence electrons. The number of carbonyl (C=O) groups is 1. The van der Waals surface area contributed by atoms with E-state index in [1.54, 1.807) is 6.21 Å². The molecule has 1 heterocycles. The van der Waals surface area contributed by atoms with Crippen molar-refractivity contribution in [3.8, 4) is 0 Å². The van der Waals surface area contributed by atoms with Gasteiger partial charge in [-0.05, 0) is 67.6 Å². The Morgan fingerprint density at radius 3 is 2.54 bits per heavy atom. The van der Waals surface area contributed by atoms with Crippen LogP contribution in [-0.4, -0.2) is 25.3 Å². The third-order valence-electron chi connectivity index (χ3n) is 4.41. The Bertz CT molecular complexity index is 783. The van der Waals surface area contributed by atoms with Crippen molar-refractivity contribution in [2.45, 2.75) is 26.2 Å². The smallest absolute Gasteiger partial charge is 0.339 e. The SMILES string of the molecule is Cc1cc(NC(=O)N/N=C/c2ccc(N3CCCCC3)cc2)ccc1Br. The van der Waals surface area contributed by atoms with Crippen LogP contribution in [0.4, 0.5) is 16.2 Å². The van der Waals surface area contributed by atoms with Gasteiger partial charge >= 0.3 is 6.03 Å². The van der Waals surface area contributed by atoms with Gasteiger partial charge in [-0.3, -0.25) is 0 Å². The molecule has 0 aromatic heterocycles. The number of piperidine rings is 1. The van der Waals surface area contributed by atoms with Gasteiger partial charge in [-0.15, -0.1) is 0 Å². The first-order chi connectivity index (χ1) is 12.6. The molecule has 0 bridgehead atoms. The fourth-order valence-corrected chi connectivity index (χ4v) is 3.22. The van der Waals surface area contributed by atoms with E-state index in [1.165, 1.54) is 24.9 Å². The van der Waals surface area contributed by atoms with Crippen molar-refractivity contribution in [3.05, 3.63) is 58.1 Å². The lowest BCUT2D eigenvalue weighted by Crippen LogP contribution is -2.29. The van der Waals surface area contributed by atoms with Crippen molar-refractivity contribution in [2.75, 3.05) is 23.3 Å². The molecule has 1 aliphatic rings. The number of urea groups is 1. The maximum atomic E-state index is 11.9. The van der Waals surface area contributed by atoms with Gasteiger partial charge < -0.3 is 10.2 Å². The highest BCUT2D eigenvalue weighted by molar-refractivity contribution is 9.10. The molecule has 0 spiro atoms. The van der Waals surface area contributed by atoms with Gasteiger partial charge in [0.1, 0.15) is 0 Å². The molecule has 2 amide bonds. The number of amides is 2. The maximum absolute atomic E-state index is 11.9. The van der Waals surface area contributed by atoms with Gasteiger partial charge in [-0.25, -0.2) is 10.2 Å². The topological polar surface area (TPSA) is 56.7 Å². The van der Waals surface area contributed by atoms with Crippen LogP contribution in [0.25, 0.3) is 0 Å². The van der Waals surface area contributed by atoms with Gasteiger partial charge in [0.25, 0.3) is 0 Å². The summed E-state index contributed by atoms with van der Waals surface area (Å²) in [5, 5.41) is 6.77. The highest BCUT2D eigenvalue weighted by atomic mass is 79.9. The first-order valence-electron chi connectivity index (χ1n) is 8.83. The average Bonchev–Trinajstić information content (AvgIpc) is 2.66. The predicted octanol–water partition coefficient (Wildman–Crippen LogP) is 4.90. The minimum Gasteiger partial charge on any atom is -0.372 e. The summed E-state index contributed by atoms with van der Waals surface area (Å²) in [5.74, 6) is 0. The van der Waals surface area contributed by atoms with Crippen molar-refractivity contribution in [2.24, 2.45) is 5.10 Å². The Balaban J connectivity index is 1.51. The summed E-state index contributed by atoms with van der Waals surface area (Å²) < 4.78 is 1.01. The van der Waals surface area contributed by atoms with Crippen LogP contribution in [0.3, 0.4) is 0 Å². The zero-order valence-electron chi connectivity index (χ0n) is 14.8. The highest BCUT2D eigenvalue weighted by Gasteiger charge is 2.10. The molecule has 3 rings (SSSR count). The molecular weight excluding hydrogens is 392 g/mol. The van der Waals surface area contributed by atoms with Crippen molar-refractivity contribution < 1.29 is 4.79 Å². The summed E-state index contributed by atoms with van der Waals surface area (Å²) in [6.45, 7) is 4.23. The second kappa shape index (κ2) is 8.85. The van der Waals surface area contributed by atoms with E-state index >= 15 is 0 Å². The summed E-state index contributed by atoms with van der Waals surface area (Å²) >= 11 is 3.44. The van der Waals surface area contributed by atoms with Crippen molar-refractivity contribution in [1.29, 1.82) is 0 Å². The zero-order valence-corrected chi connectivity index (χ0v) is 16.4. The van der Waals surface area contributed by atoms with Crippen LogP contribution in [-0.2, 0) is 0 Å². The summed E-state index contributed by atoms with van der Waals surface area (Å²) in [6.07, 6.45) is 5.50. The summed E-state index contributed by atoms with van der Waals surface area (Å²) in [6, 6.07) is 13.5. The molecule has 0 radical (unpaired) electrons. The second-order valence-corrected chi connectivity index (χ2v) is 7.28. The van der Waals surface area contributed by atoms with E-state index in [1.807, 2.05) is 37.3 Å². The lowest BCUT2D eigenvalue weighted by molar-refractivity contribution is 0.252.